The number of rotatable bonds is 0. The molecule has 0 heterocycles. The van der Waals surface area contributed by atoms with Gasteiger partial charge in [-0.15, -0.1) is 0 Å². The van der Waals surface area contributed by atoms with Gasteiger partial charge in [-0.25, -0.2) is 0 Å². The monoisotopic (exact) mass is 718 g/mol. The van der Waals surface area contributed by atoms with E-state index in [1.165, 1.54) is 0 Å². The number of halogens is 4. The lowest BCUT2D eigenvalue weighted by Crippen LogP contribution is -2.07. The second-order valence-electron chi connectivity index (χ2n) is 9.22. The highest BCUT2D eigenvalue weighted by atomic mass is 79.9. The van der Waals surface area contributed by atoms with E-state index in [4.69, 9.17) is 0 Å². The SMILES string of the molecule is O=c1c2ccccc2c2c(Br)c3cc(Br)c4c(=O)c5c(Br)c(Br)ccc5c5cc6ccc1c2c6c3c45. The van der Waals surface area contributed by atoms with Crippen molar-refractivity contribution in [2.45, 2.75) is 0 Å². The molecule has 8 aromatic carbocycles. The Labute approximate surface area is 236 Å². The average molecular weight is 722 g/mol. The third-order valence-corrected chi connectivity index (χ3v) is 11.0. The number of hydrogen-bond donors (Lipinski definition) is 0. The van der Waals surface area contributed by atoms with E-state index < -0.39 is 0 Å². The predicted octanol–water partition coefficient (Wildman–Crippen LogP) is 9.84. The van der Waals surface area contributed by atoms with Crippen molar-refractivity contribution < 1.29 is 0 Å². The Morgan fingerprint density at radius 3 is 1.89 bits per heavy atom. The molecule has 0 fully saturated rings. The van der Waals surface area contributed by atoms with Gasteiger partial charge in [0, 0.05) is 55.6 Å². The molecular weight excluding hydrogens is 712 g/mol. The van der Waals surface area contributed by atoms with Crippen molar-refractivity contribution in [3.05, 3.63) is 99.0 Å². The zero-order chi connectivity index (χ0) is 24.6. The molecule has 2 nitrogen and oxygen atoms in total. The van der Waals surface area contributed by atoms with Crippen LogP contribution in [0.4, 0.5) is 0 Å². The topological polar surface area (TPSA) is 34.1 Å². The first-order valence-corrected chi connectivity index (χ1v) is 14.4. The molecule has 8 aromatic rings. The Morgan fingerprint density at radius 1 is 0.417 bits per heavy atom. The summed E-state index contributed by atoms with van der Waals surface area (Å²) in [6.45, 7) is 0. The second-order valence-corrected chi connectivity index (χ2v) is 12.5. The van der Waals surface area contributed by atoms with Crippen molar-refractivity contribution in [2.75, 3.05) is 0 Å². The third-order valence-electron chi connectivity index (χ3n) is 7.57. The van der Waals surface area contributed by atoms with E-state index in [2.05, 4.69) is 69.8 Å². The van der Waals surface area contributed by atoms with Gasteiger partial charge in [0.25, 0.3) is 0 Å². The Morgan fingerprint density at radius 2 is 1.08 bits per heavy atom. The summed E-state index contributed by atoms with van der Waals surface area (Å²) in [6.07, 6.45) is 0. The molecule has 0 amide bonds. The molecular formula is C30H10Br4O2. The summed E-state index contributed by atoms with van der Waals surface area (Å²) in [5, 5.41) is 12.6. The lowest BCUT2D eigenvalue weighted by atomic mass is 9.84. The van der Waals surface area contributed by atoms with Gasteiger partial charge in [0.05, 0.1) is 0 Å². The van der Waals surface area contributed by atoms with Gasteiger partial charge in [-0.05, 0) is 126 Å². The minimum atomic E-state index is -0.0273. The van der Waals surface area contributed by atoms with Gasteiger partial charge in [0.15, 0.2) is 10.9 Å². The minimum absolute atomic E-state index is 0.0273. The smallest absolute Gasteiger partial charge is 0.196 e. The molecule has 0 spiro atoms. The summed E-state index contributed by atoms with van der Waals surface area (Å²) in [5.41, 5.74) is 0.00688. The van der Waals surface area contributed by atoms with E-state index in [0.717, 1.165) is 71.8 Å². The van der Waals surface area contributed by atoms with Crippen molar-refractivity contribution in [2.24, 2.45) is 0 Å². The zero-order valence-corrected chi connectivity index (χ0v) is 24.4. The van der Waals surface area contributed by atoms with Crippen molar-refractivity contribution in [1.82, 2.24) is 0 Å². The molecule has 0 saturated carbocycles. The zero-order valence-electron chi connectivity index (χ0n) is 18.1. The van der Waals surface area contributed by atoms with Crippen LogP contribution in [0.5, 0.6) is 0 Å². The summed E-state index contributed by atoms with van der Waals surface area (Å²) >= 11 is 14.9. The fourth-order valence-corrected chi connectivity index (χ4v) is 8.32. The fourth-order valence-electron chi connectivity index (χ4n) is 6.14. The maximum Gasteiger partial charge on any atom is 0.196 e. The Bertz CT molecular complexity index is 2400. The summed E-state index contributed by atoms with van der Waals surface area (Å²) in [4.78, 5) is 27.6. The van der Waals surface area contributed by atoms with Crippen LogP contribution < -0.4 is 10.9 Å². The minimum Gasteiger partial charge on any atom is -0.289 e. The lowest BCUT2D eigenvalue weighted by Gasteiger charge is -2.21. The maximum absolute atomic E-state index is 14.0. The second kappa shape index (κ2) is 7.13. The quantitative estimate of drug-likeness (QED) is 0.115. The summed E-state index contributed by atoms with van der Waals surface area (Å²) in [5.74, 6) is 0. The molecule has 0 radical (unpaired) electrons. The summed E-state index contributed by atoms with van der Waals surface area (Å²) < 4.78 is 3.28. The van der Waals surface area contributed by atoms with Gasteiger partial charge in [0.1, 0.15) is 0 Å². The van der Waals surface area contributed by atoms with Crippen molar-refractivity contribution in [1.29, 1.82) is 0 Å². The fraction of sp³-hybridized carbons (Fsp3) is 0. The highest BCUT2D eigenvalue weighted by Gasteiger charge is 2.25. The van der Waals surface area contributed by atoms with Crippen LogP contribution in [-0.2, 0) is 0 Å². The van der Waals surface area contributed by atoms with Crippen LogP contribution in [0, 0.1) is 0 Å². The molecule has 0 saturated heterocycles. The van der Waals surface area contributed by atoms with Crippen LogP contribution in [0.15, 0.2) is 88.1 Å². The van der Waals surface area contributed by atoms with E-state index in [-0.39, 0.29) is 10.9 Å². The molecule has 0 aromatic heterocycles. The van der Waals surface area contributed by atoms with E-state index >= 15 is 0 Å². The van der Waals surface area contributed by atoms with Crippen LogP contribution in [-0.4, -0.2) is 0 Å². The van der Waals surface area contributed by atoms with Crippen LogP contribution in [0.2, 0.25) is 0 Å². The molecule has 0 aliphatic carbocycles. The van der Waals surface area contributed by atoms with Crippen LogP contribution in [0.1, 0.15) is 0 Å². The largest absolute Gasteiger partial charge is 0.289 e. The summed E-state index contributed by atoms with van der Waals surface area (Å²) in [7, 11) is 0. The van der Waals surface area contributed by atoms with Gasteiger partial charge < -0.3 is 0 Å². The Balaban J connectivity index is 1.83. The predicted molar refractivity (Wildman–Crippen MR) is 166 cm³/mol. The van der Waals surface area contributed by atoms with Gasteiger partial charge in [-0.2, -0.15) is 0 Å². The lowest BCUT2D eigenvalue weighted by molar-refractivity contribution is 1.64. The Hall–Kier alpha value is -2.38. The molecule has 170 valence electrons. The number of hydrogen-bond acceptors (Lipinski definition) is 2. The van der Waals surface area contributed by atoms with Crippen LogP contribution in [0.25, 0.3) is 75.4 Å². The van der Waals surface area contributed by atoms with Gasteiger partial charge in [-0.1, -0.05) is 36.4 Å². The molecule has 0 bridgehead atoms. The Kier molecular flexibility index (Phi) is 4.30. The maximum atomic E-state index is 14.0. The van der Waals surface area contributed by atoms with E-state index in [9.17, 15) is 9.59 Å². The third kappa shape index (κ3) is 2.42. The molecule has 6 heteroatoms. The first kappa shape index (κ1) is 21.7. The van der Waals surface area contributed by atoms with Crippen LogP contribution >= 0.6 is 63.7 Å². The standard InChI is InChI=1S/C30H10Br4O2/c31-18-8-7-13-16-9-11-5-6-15-21-20(11)23-17(10-19(32)26(22(16)23)30(36)25(13)28(18)34)27(33)24(21)12-3-1-2-4-14(12)29(15)35/h1-10H. The van der Waals surface area contributed by atoms with Gasteiger partial charge in [-0.3, -0.25) is 9.59 Å². The first-order valence-electron chi connectivity index (χ1n) is 11.2. The average Bonchev–Trinajstić information content (AvgIpc) is 2.88. The van der Waals surface area contributed by atoms with Gasteiger partial charge >= 0.3 is 0 Å². The van der Waals surface area contributed by atoms with Crippen molar-refractivity contribution in [3.63, 3.8) is 0 Å². The first-order chi connectivity index (χ1) is 17.4. The van der Waals surface area contributed by atoms with Crippen molar-refractivity contribution in [3.8, 4) is 0 Å². The van der Waals surface area contributed by atoms with Crippen molar-refractivity contribution >= 4 is 139 Å². The molecule has 8 rings (SSSR count). The van der Waals surface area contributed by atoms with E-state index in [0.29, 0.717) is 21.5 Å². The van der Waals surface area contributed by atoms with E-state index in [1.807, 2.05) is 54.6 Å². The molecule has 0 aliphatic rings. The molecule has 0 aliphatic heterocycles. The normalized spacial score (nSPS) is 12.7. The number of fused-ring (bicyclic) bond motifs is 4. The number of benzene rings is 8. The molecule has 0 atom stereocenters. The van der Waals surface area contributed by atoms with E-state index in [1.54, 1.807) is 0 Å². The molecule has 0 N–H and O–H groups in total. The molecule has 36 heavy (non-hydrogen) atoms. The van der Waals surface area contributed by atoms with Crippen LogP contribution in [0.3, 0.4) is 0 Å². The van der Waals surface area contributed by atoms with Gasteiger partial charge in [0.2, 0.25) is 0 Å². The highest BCUT2D eigenvalue weighted by Crippen LogP contribution is 2.50. The summed E-state index contributed by atoms with van der Waals surface area (Å²) in [6, 6.07) is 20.0. The highest BCUT2D eigenvalue weighted by molar-refractivity contribution is 9.13. The molecule has 0 unspecified atom stereocenters.